The summed E-state index contributed by atoms with van der Waals surface area (Å²) < 4.78 is 8.18. The second kappa shape index (κ2) is 10.2. The van der Waals surface area contributed by atoms with Crippen LogP contribution in [-0.2, 0) is 17.8 Å². The van der Waals surface area contributed by atoms with Gasteiger partial charge in [-0.1, -0.05) is 0 Å². The van der Waals surface area contributed by atoms with Crippen molar-refractivity contribution in [1.82, 2.24) is 24.5 Å². The van der Waals surface area contributed by atoms with Crippen LogP contribution in [0, 0.1) is 0 Å². The first-order valence-electron chi connectivity index (χ1n) is 7.97. The minimum atomic E-state index is -0.931. The summed E-state index contributed by atoms with van der Waals surface area (Å²) in [5, 5.41) is 16.3. The van der Waals surface area contributed by atoms with Gasteiger partial charge in [-0.2, -0.15) is 10.2 Å². The summed E-state index contributed by atoms with van der Waals surface area (Å²) in [5.41, 5.74) is 0.748. The van der Waals surface area contributed by atoms with Crippen molar-refractivity contribution in [3.63, 3.8) is 0 Å². The molecule has 0 aliphatic heterocycles. The van der Waals surface area contributed by atoms with E-state index in [0.29, 0.717) is 18.7 Å². The summed E-state index contributed by atoms with van der Waals surface area (Å²) in [6.07, 6.45) is 6.09. The lowest BCUT2D eigenvalue weighted by Gasteiger charge is -2.08. The topological polar surface area (TPSA) is 102 Å². The van der Waals surface area contributed by atoms with Gasteiger partial charge in [0.25, 0.3) is 0 Å². The zero-order valence-corrected chi connectivity index (χ0v) is 15.0. The number of ether oxygens (including phenoxy) is 1. The van der Waals surface area contributed by atoms with Gasteiger partial charge < -0.3 is 14.7 Å². The van der Waals surface area contributed by atoms with Gasteiger partial charge in [-0.3, -0.25) is 9.36 Å². The van der Waals surface area contributed by atoms with Gasteiger partial charge in [-0.25, -0.2) is 9.59 Å². The molecule has 2 aromatic heterocycles. The molecule has 0 aliphatic carbocycles. The van der Waals surface area contributed by atoms with Crippen LogP contribution in [0.25, 0.3) is 0 Å². The average Bonchev–Trinajstić information content (AvgIpc) is 3.23. The van der Waals surface area contributed by atoms with Crippen molar-refractivity contribution in [3.05, 3.63) is 35.9 Å². The van der Waals surface area contributed by atoms with Gasteiger partial charge in [0.05, 0.1) is 36.7 Å². The van der Waals surface area contributed by atoms with E-state index in [9.17, 15) is 9.59 Å². The van der Waals surface area contributed by atoms with Crippen LogP contribution in [-0.4, -0.2) is 68.8 Å². The van der Waals surface area contributed by atoms with Crippen molar-refractivity contribution in [2.24, 2.45) is 0 Å². The van der Waals surface area contributed by atoms with E-state index < -0.39 is 5.97 Å². The van der Waals surface area contributed by atoms with Crippen LogP contribution in [0.4, 0.5) is 0 Å². The Hall–Kier alpha value is -2.68. The summed E-state index contributed by atoms with van der Waals surface area (Å²) >= 11 is 0. The lowest BCUT2D eigenvalue weighted by Crippen LogP contribution is -2.18. The first kappa shape index (κ1) is 20.4. The molecule has 0 atom stereocenters. The zero-order valence-electron chi connectivity index (χ0n) is 15.0. The normalized spacial score (nSPS) is 10.3. The molecule has 0 amide bonds. The fraction of sp³-hybridized carbons (Fsp3) is 0.500. The van der Waals surface area contributed by atoms with E-state index in [1.807, 2.05) is 21.0 Å². The molecule has 0 aromatic carbocycles. The number of carbonyl (C=O) groups is 2. The molecule has 0 saturated carbocycles. The summed E-state index contributed by atoms with van der Waals surface area (Å²) in [6.45, 7) is 6.44. The van der Waals surface area contributed by atoms with Gasteiger partial charge >= 0.3 is 11.9 Å². The van der Waals surface area contributed by atoms with Crippen molar-refractivity contribution in [1.29, 1.82) is 0 Å². The molecule has 0 saturated heterocycles. The van der Waals surface area contributed by atoms with Crippen molar-refractivity contribution in [2.75, 3.05) is 27.2 Å². The van der Waals surface area contributed by atoms with E-state index in [0.717, 1.165) is 13.1 Å². The maximum Gasteiger partial charge on any atom is 0.341 e. The number of aromatic carboxylic acids is 1. The van der Waals surface area contributed by atoms with Crippen molar-refractivity contribution >= 4 is 11.9 Å². The lowest BCUT2D eigenvalue weighted by molar-refractivity contribution is 0.0525. The van der Waals surface area contributed by atoms with Crippen molar-refractivity contribution in [3.8, 4) is 0 Å². The maximum atomic E-state index is 11.3. The Kier molecular flexibility index (Phi) is 8.34. The molecule has 2 heterocycles. The number of carbonyl (C=O) groups excluding carboxylic acids is 1. The highest BCUT2D eigenvalue weighted by atomic mass is 16.5. The predicted octanol–water partition coefficient (Wildman–Crippen LogP) is 1.22. The standard InChI is InChI=1S/C10H17N3O2.C6H8N2O2/c1-4-15-10(14)9-7-11-13(8-9)6-5-12(2)3;1-2-8-4-5(3-7-8)6(9)10/h7-8H,4-6H2,1-3H3;3-4H,2H2,1H3,(H,9,10). The highest BCUT2D eigenvalue weighted by Gasteiger charge is 2.08. The fourth-order valence-corrected chi connectivity index (χ4v) is 1.76. The van der Waals surface area contributed by atoms with Crippen LogP contribution in [0.2, 0.25) is 0 Å². The Labute approximate surface area is 146 Å². The van der Waals surface area contributed by atoms with Crippen LogP contribution in [0.5, 0.6) is 0 Å². The third kappa shape index (κ3) is 7.17. The second-order valence-electron chi connectivity index (χ2n) is 5.41. The molecule has 2 rings (SSSR count). The molecule has 2 aromatic rings. The Balaban J connectivity index is 0.000000271. The first-order valence-corrected chi connectivity index (χ1v) is 7.97. The molecule has 138 valence electrons. The Bertz CT molecular complexity index is 678. The smallest absolute Gasteiger partial charge is 0.341 e. The molecule has 0 radical (unpaired) electrons. The molecule has 9 heteroatoms. The monoisotopic (exact) mass is 351 g/mol. The van der Waals surface area contributed by atoms with Gasteiger partial charge in [0, 0.05) is 25.5 Å². The minimum Gasteiger partial charge on any atom is -0.478 e. The van der Waals surface area contributed by atoms with Crippen LogP contribution >= 0.6 is 0 Å². The summed E-state index contributed by atoms with van der Waals surface area (Å²) in [5.74, 6) is -1.24. The van der Waals surface area contributed by atoms with E-state index in [4.69, 9.17) is 9.84 Å². The largest absolute Gasteiger partial charge is 0.478 e. The molecular weight excluding hydrogens is 326 g/mol. The molecule has 0 spiro atoms. The first-order chi connectivity index (χ1) is 11.9. The number of hydrogen-bond acceptors (Lipinski definition) is 6. The van der Waals surface area contributed by atoms with E-state index >= 15 is 0 Å². The van der Waals surface area contributed by atoms with Crippen LogP contribution in [0.3, 0.4) is 0 Å². The Morgan fingerprint density at radius 3 is 2.20 bits per heavy atom. The lowest BCUT2D eigenvalue weighted by atomic mass is 10.4. The summed E-state index contributed by atoms with van der Waals surface area (Å²) in [4.78, 5) is 23.6. The van der Waals surface area contributed by atoms with Crippen molar-refractivity contribution < 1.29 is 19.4 Å². The van der Waals surface area contributed by atoms with Crippen LogP contribution in [0.15, 0.2) is 24.8 Å². The number of rotatable bonds is 7. The van der Waals surface area contributed by atoms with Crippen LogP contribution < -0.4 is 0 Å². The van der Waals surface area contributed by atoms with Crippen LogP contribution in [0.1, 0.15) is 34.6 Å². The number of likely N-dealkylation sites (N-methyl/N-ethyl adjacent to an activating group) is 1. The molecule has 0 unspecified atom stereocenters. The number of carboxylic acid groups (broad SMARTS) is 1. The Morgan fingerprint density at radius 1 is 1.12 bits per heavy atom. The molecule has 0 bridgehead atoms. The summed E-state index contributed by atoms with van der Waals surface area (Å²) in [7, 11) is 3.99. The van der Waals surface area contributed by atoms with E-state index in [1.165, 1.54) is 18.6 Å². The molecule has 0 aliphatic rings. The SMILES string of the molecule is CCOC(=O)c1cnn(CCN(C)C)c1.CCn1cc(C(=O)O)cn1. The highest BCUT2D eigenvalue weighted by Crippen LogP contribution is 2.00. The molecule has 25 heavy (non-hydrogen) atoms. The number of carboxylic acids is 1. The highest BCUT2D eigenvalue weighted by molar-refractivity contribution is 5.88. The molecule has 0 fully saturated rings. The van der Waals surface area contributed by atoms with Gasteiger partial charge in [-0.05, 0) is 27.9 Å². The number of aromatic nitrogens is 4. The molecule has 1 N–H and O–H groups in total. The third-order valence-corrected chi connectivity index (χ3v) is 3.12. The number of nitrogens with zero attached hydrogens (tertiary/aromatic N) is 5. The van der Waals surface area contributed by atoms with Crippen molar-refractivity contribution in [2.45, 2.75) is 26.9 Å². The number of esters is 1. The van der Waals surface area contributed by atoms with Gasteiger partial charge in [0.1, 0.15) is 0 Å². The van der Waals surface area contributed by atoms with E-state index in [2.05, 4.69) is 15.1 Å². The van der Waals surface area contributed by atoms with Gasteiger partial charge in [0.15, 0.2) is 0 Å². The van der Waals surface area contributed by atoms with Gasteiger partial charge in [-0.15, -0.1) is 0 Å². The number of aryl methyl sites for hydroxylation is 1. The molecular formula is C16H25N5O4. The average molecular weight is 351 g/mol. The summed E-state index contributed by atoms with van der Waals surface area (Å²) in [6, 6.07) is 0. The Morgan fingerprint density at radius 2 is 1.72 bits per heavy atom. The quantitative estimate of drug-likeness (QED) is 0.748. The van der Waals surface area contributed by atoms with E-state index in [-0.39, 0.29) is 11.5 Å². The fourth-order valence-electron chi connectivity index (χ4n) is 1.76. The predicted molar refractivity (Wildman–Crippen MR) is 91.6 cm³/mol. The third-order valence-electron chi connectivity index (χ3n) is 3.12. The van der Waals surface area contributed by atoms with E-state index in [1.54, 1.807) is 22.5 Å². The zero-order chi connectivity index (χ0) is 18.8. The maximum absolute atomic E-state index is 11.3. The minimum absolute atomic E-state index is 0.238. The second-order valence-corrected chi connectivity index (χ2v) is 5.41. The van der Waals surface area contributed by atoms with Gasteiger partial charge in [0.2, 0.25) is 0 Å². The number of hydrogen-bond donors (Lipinski definition) is 1. The molecule has 9 nitrogen and oxygen atoms in total.